The van der Waals surface area contributed by atoms with Crippen LogP contribution >= 0.6 is 15.9 Å². The SMILES string of the molecule is Cc1ccc(C(O)C(F)(F)F)cc1Br. The normalized spacial score (nSPS) is 14.1. The quantitative estimate of drug-likeness (QED) is 0.828. The number of aliphatic hydroxyl groups excluding tert-OH is 1. The molecule has 0 aliphatic rings. The molecule has 0 aliphatic heterocycles. The standard InChI is InChI=1S/C9H8BrF3O/c1-5-2-3-6(4-7(5)10)8(14)9(11,12)13/h2-4,8,14H,1H3. The highest BCUT2D eigenvalue weighted by atomic mass is 79.9. The van der Waals surface area contributed by atoms with Gasteiger partial charge in [0.1, 0.15) is 0 Å². The first-order valence-corrected chi connectivity index (χ1v) is 4.62. The highest BCUT2D eigenvalue weighted by Gasteiger charge is 2.39. The Balaban J connectivity index is 3.03. The number of alkyl halides is 3. The Morgan fingerprint density at radius 1 is 1.36 bits per heavy atom. The van der Waals surface area contributed by atoms with Crippen LogP contribution in [-0.4, -0.2) is 11.3 Å². The number of aliphatic hydroxyl groups is 1. The molecule has 0 fully saturated rings. The van der Waals surface area contributed by atoms with Crippen molar-refractivity contribution in [1.82, 2.24) is 0 Å². The lowest BCUT2D eigenvalue weighted by Crippen LogP contribution is -2.20. The minimum atomic E-state index is -4.62. The molecule has 0 heterocycles. The van der Waals surface area contributed by atoms with Gasteiger partial charge in [-0.1, -0.05) is 28.1 Å². The maximum Gasteiger partial charge on any atom is 0.418 e. The number of hydrogen-bond acceptors (Lipinski definition) is 1. The van der Waals surface area contributed by atoms with E-state index in [1.165, 1.54) is 18.2 Å². The molecular formula is C9H8BrF3O. The molecule has 0 saturated carbocycles. The van der Waals surface area contributed by atoms with Crippen molar-refractivity contribution in [2.45, 2.75) is 19.2 Å². The number of hydrogen-bond donors (Lipinski definition) is 1. The van der Waals surface area contributed by atoms with Crippen LogP contribution in [0.25, 0.3) is 0 Å². The molecule has 5 heteroatoms. The van der Waals surface area contributed by atoms with Gasteiger partial charge in [-0.25, -0.2) is 0 Å². The van der Waals surface area contributed by atoms with E-state index in [1.807, 2.05) is 0 Å². The molecule has 1 nitrogen and oxygen atoms in total. The van der Waals surface area contributed by atoms with Crippen molar-refractivity contribution in [2.75, 3.05) is 0 Å². The Kier molecular flexibility index (Phi) is 3.21. The molecule has 14 heavy (non-hydrogen) atoms. The van der Waals surface area contributed by atoms with Gasteiger partial charge in [-0.05, 0) is 24.1 Å². The summed E-state index contributed by atoms with van der Waals surface area (Å²) in [5.74, 6) is 0. The predicted octanol–water partition coefficient (Wildman–Crippen LogP) is 3.35. The van der Waals surface area contributed by atoms with Crippen molar-refractivity contribution in [2.24, 2.45) is 0 Å². The van der Waals surface area contributed by atoms with Gasteiger partial charge in [0.15, 0.2) is 6.10 Å². The van der Waals surface area contributed by atoms with E-state index in [9.17, 15) is 13.2 Å². The predicted molar refractivity (Wildman–Crippen MR) is 49.9 cm³/mol. The summed E-state index contributed by atoms with van der Waals surface area (Å²) < 4.78 is 36.9. The van der Waals surface area contributed by atoms with Crippen molar-refractivity contribution in [1.29, 1.82) is 0 Å². The topological polar surface area (TPSA) is 20.2 Å². The first-order valence-electron chi connectivity index (χ1n) is 3.83. The average molecular weight is 269 g/mol. The Hall–Kier alpha value is -0.550. The Bertz CT molecular complexity index is 335. The lowest BCUT2D eigenvalue weighted by molar-refractivity contribution is -0.206. The minimum Gasteiger partial charge on any atom is -0.379 e. The molecule has 0 spiro atoms. The van der Waals surface area contributed by atoms with E-state index in [0.29, 0.717) is 4.47 Å². The van der Waals surface area contributed by atoms with Crippen molar-refractivity contribution < 1.29 is 18.3 Å². The van der Waals surface area contributed by atoms with Gasteiger partial charge in [-0.15, -0.1) is 0 Å². The molecule has 1 aromatic rings. The molecule has 0 aliphatic carbocycles. The van der Waals surface area contributed by atoms with Gasteiger partial charge >= 0.3 is 6.18 Å². The smallest absolute Gasteiger partial charge is 0.379 e. The first kappa shape index (κ1) is 11.5. The highest BCUT2D eigenvalue weighted by Crippen LogP contribution is 2.33. The van der Waals surface area contributed by atoms with Gasteiger partial charge in [-0.2, -0.15) is 13.2 Å². The van der Waals surface area contributed by atoms with E-state index < -0.39 is 12.3 Å². The zero-order valence-electron chi connectivity index (χ0n) is 7.27. The molecule has 1 rings (SSSR count). The molecule has 78 valence electrons. The lowest BCUT2D eigenvalue weighted by Gasteiger charge is -2.15. The largest absolute Gasteiger partial charge is 0.418 e. The summed E-state index contributed by atoms with van der Waals surface area (Å²) >= 11 is 3.10. The number of rotatable bonds is 1. The zero-order chi connectivity index (χ0) is 10.9. The van der Waals surface area contributed by atoms with Crippen molar-refractivity contribution in [3.63, 3.8) is 0 Å². The molecule has 0 bridgehead atoms. The van der Waals surface area contributed by atoms with Gasteiger partial charge in [0.05, 0.1) is 0 Å². The summed E-state index contributed by atoms with van der Waals surface area (Å²) in [5.41, 5.74) is 0.665. The summed E-state index contributed by atoms with van der Waals surface area (Å²) in [4.78, 5) is 0. The van der Waals surface area contributed by atoms with E-state index in [1.54, 1.807) is 6.92 Å². The Labute approximate surface area is 87.7 Å². The molecule has 0 amide bonds. The number of halogens is 4. The second kappa shape index (κ2) is 3.90. The molecule has 0 saturated heterocycles. The van der Waals surface area contributed by atoms with Crippen LogP contribution in [0.1, 0.15) is 17.2 Å². The molecular weight excluding hydrogens is 261 g/mol. The molecule has 1 unspecified atom stereocenters. The summed E-state index contributed by atoms with van der Waals surface area (Å²) in [6.07, 6.45) is -7.03. The zero-order valence-corrected chi connectivity index (χ0v) is 8.85. The van der Waals surface area contributed by atoms with Crippen LogP contribution in [0.3, 0.4) is 0 Å². The van der Waals surface area contributed by atoms with Crippen molar-refractivity contribution >= 4 is 15.9 Å². The third-order valence-corrected chi connectivity index (χ3v) is 2.68. The fourth-order valence-corrected chi connectivity index (χ4v) is 1.36. The van der Waals surface area contributed by atoms with Crippen LogP contribution in [0.2, 0.25) is 0 Å². The summed E-state index contributed by atoms with van der Waals surface area (Å²) in [5, 5.41) is 8.93. The van der Waals surface area contributed by atoms with Crippen LogP contribution in [0.4, 0.5) is 13.2 Å². The summed E-state index contributed by atoms with van der Waals surface area (Å²) in [6, 6.07) is 4.06. The van der Waals surface area contributed by atoms with Crippen LogP contribution < -0.4 is 0 Å². The molecule has 0 aromatic heterocycles. The van der Waals surface area contributed by atoms with Gasteiger partial charge < -0.3 is 5.11 Å². The highest BCUT2D eigenvalue weighted by molar-refractivity contribution is 9.10. The van der Waals surface area contributed by atoms with Gasteiger partial charge in [-0.3, -0.25) is 0 Å². The van der Waals surface area contributed by atoms with E-state index in [2.05, 4.69) is 15.9 Å². The molecule has 1 atom stereocenters. The van der Waals surface area contributed by atoms with Crippen molar-refractivity contribution in [3.8, 4) is 0 Å². The first-order chi connectivity index (χ1) is 6.32. The molecule has 1 aromatic carbocycles. The van der Waals surface area contributed by atoms with Gasteiger partial charge in [0.2, 0.25) is 0 Å². The van der Waals surface area contributed by atoms with E-state index in [0.717, 1.165) is 5.56 Å². The molecule has 0 radical (unpaired) electrons. The van der Waals surface area contributed by atoms with Gasteiger partial charge in [0, 0.05) is 4.47 Å². The van der Waals surface area contributed by atoms with E-state index in [-0.39, 0.29) is 5.56 Å². The fourth-order valence-electron chi connectivity index (χ4n) is 0.968. The van der Waals surface area contributed by atoms with Crippen LogP contribution in [0.5, 0.6) is 0 Å². The summed E-state index contributed by atoms with van der Waals surface area (Å²) in [7, 11) is 0. The average Bonchev–Trinajstić information content (AvgIpc) is 2.07. The number of benzene rings is 1. The van der Waals surface area contributed by atoms with E-state index in [4.69, 9.17) is 5.11 Å². The number of aryl methyl sites for hydroxylation is 1. The van der Waals surface area contributed by atoms with Crippen LogP contribution in [0, 0.1) is 6.92 Å². The lowest BCUT2D eigenvalue weighted by atomic mass is 10.1. The van der Waals surface area contributed by atoms with Crippen LogP contribution in [0.15, 0.2) is 22.7 Å². The second-order valence-electron chi connectivity index (χ2n) is 2.95. The van der Waals surface area contributed by atoms with E-state index >= 15 is 0 Å². The van der Waals surface area contributed by atoms with Gasteiger partial charge in [0.25, 0.3) is 0 Å². The van der Waals surface area contributed by atoms with Crippen LogP contribution in [-0.2, 0) is 0 Å². The minimum absolute atomic E-state index is 0.157. The second-order valence-corrected chi connectivity index (χ2v) is 3.81. The Morgan fingerprint density at radius 3 is 2.36 bits per heavy atom. The third kappa shape index (κ3) is 2.48. The Morgan fingerprint density at radius 2 is 1.93 bits per heavy atom. The third-order valence-electron chi connectivity index (χ3n) is 1.82. The van der Waals surface area contributed by atoms with Crippen molar-refractivity contribution in [3.05, 3.63) is 33.8 Å². The maximum atomic E-state index is 12.1. The maximum absolute atomic E-state index is 12.1. The monoisotopic (exact) mass is 268 g/mol. The summed E-state index contributed by atoms with van der Waals surface area (Å²) in [6.45, 7) is 1.76. The fraction of sp³-hybridized carbons (Fsp3) is 0.333. The molecule has 1 N–H and O–H groups in total.